The van der Waals surface area contributed by atoms with Crippen LogP contribution in [0.5, 0.6) is 0 Å². The van der Waals surface area contributed by atoms with Gasteiger partial charge in [0.1, 0.15) is 5.82 Å². The van der Waals surface area contributed by atoms with E-state index in [1.807, 2.05) is 26.8 Å². The van der Waals surface area contributed by atoms with Crippen LogP contribution in [0.15, 0.2) is 59.5 Å². The molecule has 26 heavy (non-hydrogen) atoms. The predicted molar refractivity (Wildman–Crippen MR) is 98.3 cm³/mol. The van der Waals surface area contributed by atoms with E-state index in [4.69, 9.17) is 0 Å². The average Bonchev–Trinajstić information content (AvgIpc) is 2.54. The number of sulfonamides is 1. The maximum Gasteiger partial charge on any atom is 0.243 e. The molecular weight excluding hydrogens is 355 g/mol. The molecule has 2 aromatic carbocycles. The zero-order chi connectivity index (χ0) is 19.4. The number of carbonyl (C=O) groups is 1. The monoisotopic (exact) mass is 378 g/mol. The Kier molecular flexibility index (Phi) is 6.15. The summed E-state index contributed by atoms with van der Waals surface area (Å²) in [6, 6.07) is 13.6. The quantitative estimate of drug-likeness (QED) is 0.840. The van der Waals surface area contributed by atoms with Crippen molar-refractivity contribution in [2.45, 2.75) is 37.8 Å². The Morgan fingerprint density at radius 1 is 1.04 bits per heavy atom. The molecule has 0 radical (unpaired) electrons. The van der Waals surface area contributed by atoms with Gasteiger partial charge in [0.2, 0.25) is 15.9 Å². The Hall–Kier alpha value is -2.25. The summed E-state index contributed by atoms with van der Waals surface area (Å²) < 4.78 is 40.2. The van der Waals surface area contributed by atoms with Crippen molar-refractivity contribution in [3.63, 3.8) is 0 Å². The summed E-state index contributed by atoms with van der Waals surface area (Å²) in [7, 11) is -3.96. The molecule has 1 amide bonds. The Morgan fingerprint density at radius 3 is 2.15 bits per heavy atom. The van der Waals surface area contributed by atoms with Crippen molar-refractivity contribution in [2.75, 3.05) is 6.54 Å². The van der Waals surface area contributed by atoms with E-state index < -0.39 is 27.3 Å². The minimum atomic E-state index is -3.96. The van der Waals surface area contributed by atoms with Gasteiger partial charge in [0.25, 0.3) is 0 Å². The first kappa shape index (κ1) is 20.1. The number of nitrogens with one attached hydrogen (secondary N) is 1. The lowest BCUT2D eigenvalue weighted by molar-refractivity contribution is -0.122. The second kappa shape index (κ2) is 7.97. The number of rotatable bonds is 6. The van der Waals surface area contributed by atoms with Crippen LogP contribution in [0.4, 0.5) is 4.39 Å². The minimum absolute atomic E-state index is 0.0398. The normalized spacial score (nSPS) is 12.2. The summed E-state index contributed by atoms with van der Waals surface area (Å²) in [5, 5.41) is 2.76. The molecule has 0 heterocycles. The van der Waals surface area contributed by atoms with Crippen molar-refractivity contribution >= 4 is 15.9 Å². The van der Waals surface area contributed by atoms with Gasteiger partial charge in [0, 0.05) is 12.1 Å². The van der Waals surface area contributed by atoms with Crippen LogP contribution in [0.3, 0.4) is 0 Å². The summed E-state index contributed by atoms with van der Waals surface area (Å²) in [4.78, 5) is 12.3. The van der Waals surface area contributed by atoms with Gasteiger partial charge in [-0.1, -0.05) is 30.3 Å². The third kappa shape index (κ3) is 5.64. The number of halogens is 1. The highest BCUT2D eigenvalue weighted by molar-refractivity contribution is 7.89. The predicted octanol–water partition coefficient (Wildman–Crippen LogP) is 2.93. The molecule has 0 aromatic heterocycles. The van der Waals surface area contributed by atoms with Crippen LogP contribution in [0.1, 0.15) is 26.3 Å². The summed E-state index contributed by atoms with van der Waals surface area (Å²) in [5.74, 6) is -0.928. The highest BCUT2D eigenvalue weighted by Gasteiger charge is 2.28. The lowest BCUT2D eigenvalue weighted by atomic mass is 10.1. The molecule has 0 saturated carbocycles. The molecule has 2 aromatic rings. The first-order chi connectivity index (χ1) is 12.1. The van der Waals surface area contributed by atoms with Gasteiger partial charge < -0.3 is 5.32 Å². The highest BCUT2D eigenvalue weighted by Crippen LogP contribution is 2.19. The van der Waals surface area contributed by atoms with Crippen LogP contribution in [0.2, 0.25) is 0 Å². The molecule has 0 aliphatic carbocycles. The average molecular weight is 378 g/mol. The standard InChI is InChI=1S/C19H23FN2O3S/c1-19(2,3)21-18(23)14-22(13-15-7-5-4-6-8-15)26(24,25)17-11-9-16(20)10-12-17/h4-12H,13-14H2,1-3H3,(H,21,23). The Bertz CT molecular complexity index is 845. The minimum Gasteiger partial charge on any atom is -0.350 e. The van der Waals surface area contributed by atoms with Crippen molar-refractivity contribution in [2.24, 2.45) is 0 Å². The van der Waals surface area contributed by atoms with Crippen molar-refractivity contribution in [1.29, 1.82) is 0 Å². The largest absolute Gasteiger partial charge is 0.350 e. The second-order valence-electron chi connectivity index (χ2n) is 7.01. The molecule has 0 atom stereocenters. The number of benzene rings is 2. The topological polar surface area (TPSA) is 66.5 Å². The van der Waals surface area contributed by atoms with Crippen LogP contribution >= 0.6 is 0 Å². The SMILES string of the molecule is CC(C)(C)NC(=O)CN(Cc1ccccc1)S(=O)(=O)c1ccc(F)cc1. The number of hydrogen-bond acceptors (Lipinski definition) is 3. The fourth-order valence-corrected chi connectivity index (χ4v) is 3.77. The first-order valence-corrected chi connectivity index (χ1v) is 9.62. The van der Waals surface area contributed by atoms with E-state index >= 15 is 0 Å². The molecule has 7 heteroatoms. The summed E-state index contributed by atoms with van der Waals surface area (Å²) >= 11 is 0. The molecule has 0 unspecified atom stereocenters. The Balaban J connectivity index is 2.32. The van der Waals surface area contributed by atoms with E-state index in [0.717, 1.165) is 22.0 Å². The van der Waals surface area contributed by atoms with Gasteiger partial charge in [0.05, 0.1) is 11.4 Å². The van der Waals surface area contributed by atoms with Crippen LogP contribution in [0, 0.1) is 5.82 Å². The summed E-state index contributed by atoms with van der Waals surface area (Å²) in [5.41, 5.74) is 0.275. The van der Waals surface area contributed by atoms with Crippen molar-refractivity contribution < 1.29 is 17.6 Å². The molecule has 1 N–H and O–H groups in total. The van der Waals surface area contributed by atoms with E-state index in [1.165, 1.54) is 12.1 Å². The van der Waals surface area contributed by atoms with Gasteiger partial charge in [-0.25, -0.2) is 12.8 Å². The van der Waals surface area contributed by atoms with Gasteiger partial charge in [-0.2, -0.15) is 4.31 Å². The maximum atomic E-state index is 13.1. The van der Waals surface area contributed by atoms with E-state index in [-0.39, 0.29) is 18.0 Å². The lowest BCUT2D eigenvalue weighted by Crippen LogP contribution is -2.47. The first-order valence-electron chi connectivity index (χ1n) is 8.18. The number of carbonyl (C=O) groups excluding carboxylic acids is 1. The van der Waals surface area contributed by atoms with Gasteiger partial charge in [-0.3, -0.25) is 4.79 Å². The second-order valence-corrected chi connectivity index (χ2v) is 8.95. The van der Waals surface area contributed by atoms with Crippen LogP contribution in [-0.4, -0.2) is 30.7 Å². The van der Waals surface area contributed by atoms with Crippen LogP contribution in [0.25, 0.3) is 0 Å². The maximum absolute atomic E-state index is 13.1. The van der Waals surface area contributed by atoms with Crippen LogP contribution < -0.4 is 5.32 Å². The van der Waals surface area contributed by atoms with Crippen molar-refractivity contribution in [1.82, 2.24) is 9.62 Å². The lowest BCUT2D eigenvalue weighted by Gasteiger charge is -2.25. The zero-order valence-corrected chi connectivity index (χ0v) is 15.9. The van der Waals surface area contributed by atoms with Crippen LogP contribution in [-0.2, 0) is 21.4 Å². The molecule has 2 rings (SSSR count). The number of hydrogen-bond donors (Lipinski definition) is 1. The fourth-order valence-electron chi connectivity index (χ4n) is 2.39. The zero-order valence-electron chi connectivity index (χ0n) is 15.1. The van der Waals surface area contributed by atoms with E-state index in [1.54, 1.807) is 24.3 Å². The highest BCUT2D eigenvalue weighted by atomic mass is 32.2. The van der Waals surface area contributed by atoms with E-state index in [2.05, 4.69) is 5.32 Å². The fraction of sp³-hybridized carbons (Fsp3) is 0.316. The number of amides is 1. The molecule has 140 valence electrons. The number of nitrogens with zero attached hydrogens (tertiary/aromatic N) is 1. The third-order valence-electron chi connectivity index (χ3n) is 3.49. The molecular formula is C19H23FN2O3S. The molecule has 0 bridgehead atoms. The molecule has 5 nitrogen and oxygen atoms in total. The van der Waals surface area contributed by atoms with Gasteiger partial charge >= 0.3 is 0 Å². The van der Waals surface area contributed by atoms with Crippen molar-refractivity contribution in [3.05, 3.63) is 66.0 Å². The van der Waals surface area contributed by atoms with E-state index in [9.17, 15) is 17.6 Å². The van der Waals surface area contributed by atoms with Gasteiger partial charge in [-0.15, -0.1) is 0 Å². The van der Waals surface area contributed by atoms with Crippen molar-refractivity contribution in [3.8, 4) is 0 Å². The molecule has 0 aliphatic heterocycles. The Labute approximate surface area is 153 Å². The molecule has 0 fully saturated rings. The Morgan fingerprint density at radius 2 is 1.62 bits per heavy atom. The molecule has 0 aliphatic rings. The van der Waals surface area contributed by atoms with E-state index in [0.29, 0.717) is 0 Å². The third-order valence-corrected chi connectivity index (χ3v) is 5.29. The molecule has 0 saturated heterocycles. The summed E-state index contributed by atoms with van der Waals surface area (Å²) in [6.07, 6.45) is 0. The van der Waals surface area contributed by atoms with Gasteiger partial charge in [-0.05, 0) is 50.6 Å². The summed E-state index contributed by atoms with van der Waals surface area (Å²) in [6.45, 7) is 5.17. The smallest absolute Gasteiger partial charge is 0.243 e. The molecule has 0 spiro atoms. The van der Waals surface area contributed by atoms with Gasteiger partial charge in [0.15, 0.2) is 0 Å².